The van der Waals surface area contributed by atoms with E-state index in [0.29, 0.717) is 23.4 Å². The van der Waals surface area contributed by atoms with E-state index in [1.807, 2.05) is 18.2 Å². The van der Waals surface area contributed by atoms with Crippen LogP contribution in [0.5, 0.6) is 5.75 Å². The van der Waals surface area contributed by atoms with Crippen molar-refractivity contribution in [2.75, 3.05) is 0 Å². The van der Waals surface area contributed by atoms with Gasteiger partial charge >= 0.3 is 0 Å². The van der Waals surface area contributed by atoms with Crippen LogP contribution in [0.25, 0.3) is 0 Å². The van der Waals surface area contributed by atoms with E-state index in [9.17, 15) is 4.39 Å². The van der Waals surface area contributed by atoms with Crippen LogP contribution in [0.15, 0.2) is 40.9 Å². The standard InChI is InChI=1S/C15H12BrFN2O/c16-13-6-11(8-19)2-4-15(13)20-9-12-5-10(7-18)1-3-14(12)17/h1-6H,8-9,19H2. The van der Waals surface area contributed by atoms with Gasteiger partial charge in [0, 0.05) is 12.1 Å². The highest BCUT2D eigenvalue weighted by molar-refractivity contribution is 9.10. The van der Waals surface area contributed by atoms with E-state index in [0.717, 1.165) is 10.0 Å². The van der Waals surface area contributed by atoms with E-state index in [-0.39, 0.29) is 6.61 Å². The average molecular weight is 335 g/mol. The molecule has 3 nitrogen and oxygen atoms in total. The number of benzene rings is 2. The number of hydrogen-bond donors (Lipinski definition) is 1. The summed E-state index contributed by atoms with van der Waals surface area (Å²) in [7, 11) is 0. The van der Waals surface area contributed by atoms with E-state index in [1.165, 1.54) is 18.2 Å². The third-order valence-corrected chi connectivity index (χ3v) is 3.41. The van der Waals surface area contributed by atoms with Crippen molar-refractivity contribution in [2.45, 2.75) is 13.2 Å². The molecular weight excluding hydrogens is 323 g/mol. The minimum atomic E-state index is -0.390. The van der Waals surface area contributed by atoms with E-state index in [2.05, 4.69) is 15.9 Å². The summed E-state index contributed by atoms with van der Waals surface area (Å²) < 4.78 is 19.9. The molecule has 0 fully saturated rings. The molecular formula is C15H12BrFN2O. The molecule has 2 N–H and O–H groups in total. The quantitative estimate of drug-likeness (QED) is 0.930. The summed E-state index contributed by atoms with van der Waals surface area (Å²) in [4.78, 5) is 0. The fourth-order valence-electron chi connectivity index (χ4n) is 1.70. The van der Waals surface area contributed by atoms with Crippen LogP contribution in [0.1, 0.15) is 16.7 Å². The number of rotatable bonds is 4. The highest BCUT2D eigenvalue weighted by atomic mass is 79.9. The second-order valence-electron chi connectivity index (χ2n) is 4.18. The Morgan fingerprint density at radius 3 is 2.70 bits per heavy atom. The number of ether oxygens (including phenoxy) is 1. The molecule has 0 atom stereocenters. The first kappa shape index (κ1) is 14.5. The fraction of sp³-hybridized carbons (Fsp3) is 0.133. The van der Waals surface area contributed by atoms with E-state index < -0.39 is 5.82 Å². The summed E-state index contributed by atoms with van der Waals surface area (Å²) >= 11 is 3.38. The molecule has 2 aromatic rings. The van der Waals surface area contributed by atoms with Crippen molar-refractivity contribution in [3.05, 3.63) is 63.4 Å². The molecule has 0 bridgehead atoms. The van der Waals surface area contributed by atoms with Gasteiger partial charge in [-0.2, -0.15) is 5.26 Å². The minimum absolute atomic E-state index is 0.0575. The first-order chi connectivity index (χ1) is 9.63. The van der Waals surface area contributed by atoms with Crippen molar-refractivity contribution in [3.8, 4) is 11.8 Å². The van der Waals surface area contributed by atoms with E-state index in [1.54, 1.807) is 6.07 Å². The minimum Gasteiger partial charge on any atom is -0.488 e. The van der Waals surface area contributed by atoms with Gasteiger partial charge in [-0.1, -0.05) is 6.07 Å². The predicted octanol–water partition coefficient (Wildman–Crippen LogP) is 3.50. The zero-order valence-corrected chi connectivity index (χ0v) is 12.2. The molecule has 20 heavy (non-hydrogen) atoms. The molecule has 2 rings (SSSR count). The van der Waals surface area contributed by atoms with Gasteiger partial charge in [0.2, 0.25) is 0 Å². The molecule has 0 unspecified atom stereocenters. The topological polar surface area (TPSA) is 59.0 Å². The molecule has 0 spiro atoms. The average Bonchev–Trinajstić information content (AvgIpc) is 2.47. The molecule has 0 aliphatic rings. The van der Waals surface area contributed by atoms with Gasteiger partial charge < -0.3 is 10.5 Å². The van der Waals surface area contributed by atoms with Crippen molar-refractivity contribution in [2.24, 2.45) is 5.73 Å². The van der Waals surface area contributed by atoms with E-state index >= 15 is 0 Å². The van der Waals surface area contributed by atoms with Crippen LogP contribution in [-0.4, -0.2) is 0 Å². The number of hydrogen-bond acceptors (Lipinski definition) is 3. The maximum atomic E-state index is 13.6. The Balaban J connectivity index is 2.15. The van der Waals surface area contributed by atoms with E-state index in [4.69, 9.17) is 15.7 Å². The van der Waals surface area contributed by atoms with Gasteiger partial charge in [0.05, 0.1) is 16.1 Å². The zero-order valence-electron chi connectivity index (χ0n) is 10.6. The van der Waals surface area contributed by atoms with Gasteiger partial charge in [0.25, 0.3) is 0 Å². The highest BCUT2D eigenvalue weighted by Crippen LogP contribution is 2.27. The number of nitrogens with two attached hydrogens (primary N) is 1. The predicted molar refractivity (Wildman–Crippen MR) is 77.5 cm³/mol. The Hall–Kier alpha value is -1.90. The zero-order chi connectivity index (χ0) is 14.5. The van der Waals surface area contributed by atoms with Crippen LogP contribution in [0.3, 0.4) is 0 Å². The molecule has 0 heterocycles. The SMILES string of the molecule is N#Cc1ccc(F)c(COc2ccc(CN)cc2Br)c1. The molecule has 0 saturated carbocycles. The summed E-state index contributed by atoms with van der Waals surface area (Å²) in [5.74, 6) is 0.211. The Kier molecular flexibility index (Phi) is 4.72. The van der Waals surface area contributed by atoms with Gasteiger partial charge in [-0.25, -0.2) is 4.39 Å². The third-order valence-electron chi connectivity index (χ3n) is 2.79. The van der Waals surface area contributed by atoms with Crippen molar-refractivity contribution in [3.63, 3.8) is 0 Å². The van der Waals surface area contributed by atoms with Crippen LogP contribution < -0.4 is 10.5 Å². The first-order valence-electron chi connectivity index (χ1n) is 5.94. The van der Waals surface area contributed by atoms with Crippen LogP contribution in [0.2, 0.25) is 0 Å². The number of halogens is 2. The Bertz CT molecular complexity index is 667. The van der Waals surface area contributed by atoms with Gasteiger partial charge in [-0.3, -0.25) is 0 Å². The highest BCUT2D eigenvalue weighted by Gasteiger charge is 2.07. The summed E-state index contributed by atoms with van der Waals surface area (Å²) in [6, 6.07) is 11.6. The Morgan fingerprint density at radius 2 is 2.05 bits per heavy atom. The lowest BCUT2D eigenvalue weighted by Crippen LogP contribution is -2.01. The van der Waals surface area contributed by atoms with Crippen molar-refractivity contribution in [1.82, 2.24) is 0 Å². The Labute approximate surface area is 124 Å². The number of nitriles is 1. The molecule has 0 saturated heterocycles. The molecule has 5 heteroatoms. The molecule has 2 aromatic carbocycles. The first-order valence-corrected chi connectivity index (χ1v) is 6.73. The van der Waals surface area contributed by atoms with Crippen LogP contribution in [-0.2, 0) is 13.2 Å². The maximum Gasteiger partial charge on any atom is 0.134 e. The van der Waals surface area contributed by atoms with Crippen LogP contribution in [0.4, 0.5) is 4.39 Å². The fourth-order valence-corrected chi connectivity index (χ4v) is 2.24. The van der Waals surface area contributed by atoms with Gasteiger partial charge in [0.1, 0.15) is 18.2 Å². The second-order valence-corrected chi connectivity index (χ2v) is 5.03. The summed E-state index contributed by atoms with van der Waals surface area (Å²) in [6.45, 7) is 0.500. The summed E-state index contributed by atoms with van der Waals surface area (Å²) in [5.41, 5.74) is 7.27. The second kappa shape index (κ2) is 6.51. The van der Waals surface area contributed by atoms with Gasteiger partial charge in [-0.15, -0.1) is 0 Å². The summed E-state index contributed by atoms with van der Waals surface area (Å²) in [6.07, 6.45) is 0. The molecule has 0 aliphatic heterocycles. The molecule has 0 amide bonds. The lowest BCUT2D eigenvalue weighted by Gasteiger charge is -2.10. The van der Waals surface area contributed by atoms with Gasteiger partial charge in [-0.05, 0) is 51.8 Å². The number of nitrogens with zero attached hydrogens (tertiary/aromatic N) is 1. The molecule has 0 aromatic heterocycles. The lowest BCUT2D eigenvalue weighted by molar-refractivity contribution is 0.298. The van der Waals surface area contributed by atoms with Crippen LogP contribution in [0, 0.1) is 17.1 Å². The molecule has 0 radical (unpaired) electrons. The third kappa shape index (κ3) is 3.35. The normalized spacial score (nSPS) is 10.1. The monoisotopic (exact) mass is 334 g/mol. The summed E-state index contributed by atoms with van der Waals surface area (Å²) in [5, 5.41) is 8.81. The van der Waals surface area contributed by atoms with Crippen molar-refractivity contribution >= 4 is 15.9 Å². The lowest BCUT2D eigenvalue weighted by atomic mass is 10.1. The molecule has 0 aliphatic carbocycles. The van der Waals surface area contributed by atoms with Gasteiger partial charge in [0.15, 0.2) is 0 Å². The molecule has 102 valence electrons. The van der Waals surface area contributed by atoms with Crippen LogP contribution >= 0.6 is 15.9 Å². The smallest absolute Gasteiger partial charge is 0.134 e. The largest absolute Gasteiger partial charge is 0.488 e. The van der Waals surface area contributed by atoms with Crippen molar-refractivity contribution < 1.29 is 9.13 Å². The van der Waals surface area contributed by atoms with Crippen molar-refractivity contribution in [1.29, 1.82) is 5.26 Å². The Morgan fingerprint density at radius 1 is 1.25 bits per heavy atom. The maximum absolute atomic E-state index is 13.6.